The summed E-state index contributed by atoms with van der Waals surface area (Å²) in [4.78, 5) is 16.2. The average Bonchev–Trinajstić information content (AvgIpc) is 2.54. The van der Waals surface area contributed by atoms with E-state index in [1.54, 1.807) is 6.20 Å². The second-order valence-corrected chi connectivity index (χ2v) is 5.27. The first-order valence-corrected chi connectivity index (χ1v) is 7.38. The lowest BCUT2D eigenvalue weighted by molar-refractivity contribution is -0.116. The Hall–Kier alpha value is -2.07. The second kappa shape index (κ2) is 7.80. The molecule has 0 atom stereocenters. The minimum absolute atomic E-state index is 0. The van der Waals surface area contributed by atoms with Crippen molar-refractivity contribution in [2.24, 2.45) is 0 Å². The van der Waals surface area contributed by atoms with Gasteiger partial charge < -0.3 is 10.6 Å². The summed E-state index contributed by atoms with van der Waals surface area (Å²) in [6, 6.07) is 11.8. The topological polar surface area (TPSA) is 54.0 Å². The molecule has 0 aliphatic carbocycles. The van der Waals surface area contributed by atoms with Gasteiger partial charge in [-0.25, -0.2) is 0 Å². The van der Waals surface area contributed by atoms with Crippen molar-refractivity contribution in [2.45, 2.75) is 25.7 Å². The number of benzene rings is 1. The summed E-state index contributed by atoms with van der Waals surface area (Å²) in [6.45, 7) is 1.03. The molecule has 2 heterocycles. The number of fused-ring (bicyclic) bond motifs is 1. The SMILES string of the molecule is Cl.O=C(CCc1ccccn1)Nc1ccc2c(c1)CCCN2. The fourth-order valence-corrected chi connectivity index (χ4v) is 2.56. The highest BCUT2D eigenvalue weighted by Crippen LogP contribution is 2.25. The number of nitrogens with zero attached hydrogens (tertiary/aromatic N) is 1. The van der Waals surface area contributed by atoms with Crippen molar-refractivity contribution in [3.05, 3.63) is 53.9 Å². The van der Waals surface area contributed by atoms with Crippen LogP contribution in [-0.4, -0.2) is 17.4 Å². The van der Waals surface area contributed by atoms with Crippen LogP contribution in [0.1, 0.15) is 24.1 Å². The number of carbonyl (C=O) groups is 1. The molecule has 1 amide bonds. The third-order valence-corrected chi connectivity index (χ3v) is 3.66. The summed E-state index contributed by atoms with van der Waals surface area (Å²) < 4.78 is 0. The molecule has 0 spiro atoms. The van der Waals surface area contributed by atoms with Crippen LogP contribution in [0.15, 0.2) is 42.6 Å². The van der Waals surface area contributed by atoms with E-state index >= 15 is 0 Å². The van der Waals surface area contributed by atoms with Gasteiger partial charge in [0.15, 0.2) is 0 Å². The molecule has 4 nitrogen and oxygen atoms in total. The second-order valence-electron chi connectivity index (χ2n) is 5.27. The first-order chi connectivity index (χ1) is 10.3. The Morgan fingerprint density at radius 3 is 3.00 bits per heavy atom. The monoisotopic (exact) mass is 317 g/mol. The lowest BCUT2D eigenvalue weighted by atomic mass is 10.0. The van der Waals surface area contributed by atoms with E-state index in [9.17, 15) is 4.79 Å². The van der Waals surface area contributed by atoms with Crippen LogP contribution < -0.4 is 10.6 Å². The minimum atomic E-state index is 0. The molecule has 3 rings (SSSR count). The molecule has 1 aliphatic heterocycles. The molecule has 0 saturated carbocycles. The highest BCUT2D eigenvalue weighted by Gasteiger charge is 2.10. The maximum absolute atomic E-state index is 12.0. The number of pyridine rings is 1. The maximum atomic E-state index is 12.0. The molecule has 22 heavy (non-hydrogen) atoms. The zero-order valence-corrected chi connectivity index (χ0v) is 13.2. The van der Waals surface area contributed by atoms with Gasteiger partial charge in [0, 0.05) is 36.2 Å². The molecule has 1 aromatic heterocycles. The highest BCUT2D eigenvalue weighted by molar-refractivity contribution is 5.91. The zero-order valence-electron chi connectivity index (χ0n) is 12.3. The van der Waals surface area contributed by atoms with Gasteiger partial charge in [0.1, 0.15) is 0 Å². The average molecular weight is 318 g/mol. The molecule has 0 saturated heterocycles. The van der Waals surface area contributed by atoms with Crippen LogP contribution >= 0.6 is 12.4 Å². The van der Waals surface area contributed by atoms with Crippen molar-refractivity contribution in [2.75, 3.05) is 17.2 Å². The highest BCUT2D eigenvalue weighted by atomic mass is 35.5. The summed E-state index contributed by atoms with van der Waals surface area (Å²) >= 11 is 0. The van der Waals surface area contributed by atoms with E-state index in [-0.39, 0.29) is 18.3 Å². The Morgan fingerprint density at radius 1 is 1.27 bits per heavy atom. The molecule has 2 N–H and O–H groups in total. The third kappa shape index (κ3) is 4.21. The standard InChI is InChI=1S/C17H19N3O.ClH/c21-17(9-7-14-5-1-2-10-18-14)20-15-6-8-16-13(12-15)4-3-11-19-16;/h1-2,5-6,8,10,12,19H,3-4,7,9,11H2,(H,20,21);1H. The van der Waals surface area contributed by atoms with Crippen LogP contribution in [0.25, 0.3) is 0 Å². The Bertz CT molecular complexity index is 631. The largest absolute Gasteiger partial charge is 0.385 e. The molecule has 0 fully saturated rings. The quantitative estimate of drug-likeness (QED) is 0.908. The van der Waals surface area contributed by atoms with E-state index < -0.39 is 0 Å². The molecule has 0 unspecified atom stereocenters. The number of aromatic nitrogens is 1. The smallest absolute Gasteiger partial charge is 0.224 e. The normalized spacial score (nSPS) is 12.5. The number of anilines is 2. The zero-order chi connectivity index (χ0) is 14.5. The lowest BCUT2D eigenvalue weighted by Crippen LogP contribution is -2.15. The predicted molar refractivity (Wildman–Crippen MR) is 91.7 cm³/mol. The molecule has 1 aromatic carbocycles. The summed E-state index contributed by atoms with van der Waals surface area (Å²) in [7, 11) is 0. The molecular formula is C17H20ClN3O. The maximum Gasteiger partial charge on any atom is 0.224 e. The molecule has 0 bridgehead atoms. The number of halogens is 1. The Morgan fingerprint density at radius 2 is 2.18 bits per heavy atom. The van der Waals surface area contributed by atoms with E-state index in [0.29, 0.717) is 12.8 Å². The number of amides is 1. The van der Waals surface area contributed by atoms with E-state index in [2.05, 4.69) is 21.7 Å². The van der Waals surface area contributed by atoms with E-state index in [0.717, 1.165) is 30.8 Å². The summed E-state index contributed by atoms with van der Waals surface area (Å²) in [6.07, 6.45) is 5.08. The van der Waals surface area contributed by atoms with Gasteiger partial charge in [-0.1, -0.05) is 6.07 Å². The van der Waals surface area contributed by atoms with Crippen molar-refractivity contribution >= 4 is 29.7 Å². The number of hydrogen-bond donors (Lipinski definition) is 2. The van der Waals surface area contributed by atoms with Crippen molar-refractivity contribution < 1.29 is 4.79 Å². The van der Waals surface area contributed by atoms with Crippen LogP contribution in [0.2, 0.25) is 0 Å². The fourth-order valence-electron chi connectivity index (χ4n) is 2.56. The van der Waals surface area contributed by atoms with E-state index in [1.807, 2.05) is 30.3 Å². The molecule has 5 heteroatoms. The first kappa shape index (κ1) is 16.3. The predicted octanol–water partition coefficient (Wildman–Crippen LogP) is 3.43. The van der Waals surface area contributed by atoms with Gasteiger partial charge in [-0.15, -0.1) is 12.4 Å². The Balaban J connectivity index is 0.00000176. The number of hydrogen-bond acceptors (Lipinski definition) is 3. The molecular weight excluding hydrogens is 298 g/mol. The number of rotatable bonds is 4. The Labute approximate surface area is 136 Å². The van der Waals surface area contributed by atoms with E-state index in [1.165, 1.54) is 11.3 Å². The van der Waals surface area contributed by atoms with Gasteiger partial charge >= 0.3 is 0 Å². The molecule has 1 aliphatic rings. The number of nitrogens with one attached hydrogen (secondary N) is 2. The van der Waals surface area contributed by atoms with Gasteiger partial charge in [-0.3, -0.25) is 9.78 Å². The van der Waals surface area contributed by atoms with Crippen LogP contribution in [0.4, 0.5) is 11.4 Å². The Kier molecular flexibility index (Phi) is 5.78. The van der Waals surface area contributed by atoms with Gasteiger partial charge in [0.2, 0.25) is 5.91 Å². The minimum Gasteiger partial charge on any atom is -0.385 e. The van der Waals surface area contributed by atoms with Crippen molar-refractivity contribution in [3.8, 4) is 0 Å². The van der Waals surface area contributed by atoms with Crippen molar-refractivity contribution in [3.63, 3.8) is 0 Å². The van der Waals surface area contributed by atoms with Crippen LogP contribution in [0, 0.1) is 0 Å². The number of carbonyl (C=O) groups excluding carboxylic acids is 1. The lowest BCUT2D eigenvalue weighted by Gasteiger charge is -2.18. The molecule has 116 valence electrons. The van der Waals surface area contributed by atoms with Gasteiger partial charge in [-0.05, 0) is 55.2 Å². The molecule has 0 radical (unpaired) electrons. The van der Waals surface area contributed by atoms with Crippen LogP contribution in [0.5, 0.6) is 0 Å². The van der Waals surface area contributed by atoms with Crippen molar-refractivity contribution in [1.29, 1.82) is 0 Å². The summed E-state index contributed by atoms with van der Waals surface area (Å²) in [5.74, 6) is 0.0318. The van der Waals surface area contributed by atoms with Crippen LogP contribution in [0.3, 0.4) is 0 Å². The van der Waals surface area contributed by atoms with Gasteiger partial charge in [0.25, 0.3) is 0 Å². The van der Waals surface area contributed by atoms with Gasteiger partial charge in [-0.2, -0.15) is 0 Å². The first-order valence-electron chi connectivity index (χ1n) is 7.38. The van der Waals surface area contributed by atoms with Crippen LogP contribution in [-0.2, 0) is 17.6 Å². The third-order valence-electron chi connectivity index (χ3n) is 3.66. The van der Waals surface area contributed by atoms with Gasteiger partial charge in [0.05, 0.1) is 0 Å². The number of aryl methyl sites for hydroxylation is 2. The van der Waals surface area contributed by atoms with Crippen molar-refractivity contribution in [1.82, 2.24) is 4.98 Å². The summed E-state index contributed by atoms with van der Waals surface area (Å²) in [5.41, 5.74) is 4.29. The fraction of sp³-hybridized carbons (Fsp3) is 0.294. The molecule has 2 aromatic rings. The van der Waals surface area contributed by atoms with E-state index in [4.69, 9.17) is 0 Å². The summed E-state index contributed by atoms with van der Waals surface area (Å²) in [5, 5.41) is 6.34.